The highest BCUT2D eigenvalue weighted by Crippen LogP contribution is 2.25. The molecule has 2 aliphatic rings. The summed E-state index contributed by atoms with van der Waals surface area (Å²) in [6.07, 6.45) is 1.99. The van der Waals surface area contributed by atoms with Crippen LogP contribution in [0.15, 0.2) is 23.1 Å². The Balaban J connectivity index is 1.71. The largest absolute Gasteiger partial charge is 0.465 e. The number of hydrogen-bond acceptors (Lipinski definition) is 3. The van der Waals surface area contributed by atoms with Crippen molar-refractivity contribution in [3.05, 3.63) is 29.3 Å². The summed E-state index contributed by atoms with van der Waals surface area (Å²) in [4.78, 5) is 12.1. The van der Waals surface area contributed by atoms with Crippen LogP contribution >= 0.6 is 0 Å². The molecular weight excluding hydrogens is 280 g/mol. The summed E-state index contributed by atoms with van der Waals surface area (Å²) in [6, 6.07) is 4.91. The fraction of sp³-hybridized carbons (Fsp3) is 0.462. The van der Waals surface area contributed by atoms with E-state index in [9.17, 15) is 13.2 Å². The predicted molar refractivity (Wildman–Crippen MR) is 72.2 cm³/mol. The normalized spacial score (nSPS) is 18.7. The second-order valence-electron chi connectivity index (χ2n) is 5.29. The van der Waals surface area contributed by atoms with Gasteiger partial charge in [-0.2, -0.15) is 0 Å². The maximum Gasteiger partial charge on any atom is 0.407 e. The summed E-state index contributed by atoms with van der Waals surface area (Å²) in [5.74, 6) is 0. The van der Waals surface area contributed by atoms with Crippen LogP contribution in [0, 0.1) is 0 Å². The summed E-state index contributed by atoms with van der Waals surface area (Å²) in [5, 5.41) is 8.72. The third-order valence-corrected chi connectivity index (χ3v) is 5.37. The molecule has 1 amide bonds. The number of carboxylic acid groups (broad SMARTS) is 1. The molecule has 0 aromatic heterocycles. The van der Waals surface area contributed by atoms with Gasteiger partial charge in [0.05, 0.1) is 10.9 Å². The molecule has 0 spiro atoms. The standard InChI is InChI=1S/C13H16N2O4S/c16-13(17)15-7-11(8-15)14-20(18,19)12-5-4-9-2-1-3-10(9)6-12/h4-6,11,14H,1-3,7-8H2,(H,16,17). The summed E-state index contributed by atoms with van der Waals surface area (Å²) in [5.41, 5.74) is 2.33. The highest BCUT2D eigenvalue weighted by molar-refractivity contribution is 7.89. The smallest absolute Gasteiger partial charge is 0.407 e. The first-order valence-corrected chi connectivity index (χ1v) is 8.06. The molecular formula is C13H16N2O4S. The molecule has 1 heterocycles. The first-order chi connectivity index (χ1) is 9.45. The van der Waals surface area contributed by atoms with Gasteiger partial charge < -0.3 is 10.0 Å². The number of rotatable bonds is 3. The van der Waals surface area contributed by atoms with Crippen molar-refractivity contribution in [2.45, 2.75) is 30.2 Å². The van der Waals surface area contributed by atoms with Crippen LogP contribution < -0.4 is 4.72 Å². The van der Waals surface area contributed by atoms with Crippen molar-refractivity contribution < 1.29 is 18.3 Å². The lowest BCUT2D eigenvalue weighted by atomic mass is 10.1. The van der Waals surface area contributed by atoms with E-state index >= 15 is 0 Å². The number of nitrogens with one attached hydrogen (secondary N) is 1. The Morgan fingerprint density at radius 3 is 2.65 bits per heavy atom. The van der Waals surface area contributed by atoms with Crippen molar-refractivity contribution in [1.82, 2.24) is 9.62 Å². The zero-order valence-corrected chi connectivity index (χ0v) is 11.7. The van der Waals surface area contributed by atoms with E-state index in [0.717, 1.165) is 24.8 Å². The van der Waals surface area contributed by atoms with Gasteiger partial charge in [-0.25, -0.2) is 17.9 Å². The quantitative estimate of drug-likeness (QED) is 0.864. The third-order valence-electron chi connectivity index (χ3n) is 3.85. The summed E-state index contributed by atoms with van der Waals surface area (Å²) in [7, 11) is -3.56. The minimum absolute atomic E-state index is 0.208. The zero-order valence-electron chi connectivity index (χ0n) is 10.9. The van der Waals surface area contributed by atoms with Crippen molar-refractivity contribution >= 4 is 16.1 Å². The average Bonchev–Trinajstić information content (AvgIpc) is 2.79. The summed E-state index contributed by atoms with van der Waals surface area (Å²) in [6.45, 7) is 0.416. The first-order valence-electron chi connectivity index (χ1n) is 6.58. The number of sulfonamides is 1. The molecule has 0 unspecified atom stereocenters. The Kier molecular flexibility index (Phi) is 3.18. The van der Waals surface area contributed by atoms with Crippen LogP contribution in [0.2, 0.25) is 0 Å². The van der Waals surface area contributed by atoms with Crippen molar-refractivity contribution in [2.75, 3.05) is 13.1 Å². The molecule has 0 atom stereocenters. The topological polar surface area (TPSA) is 86.7 Å². The van der Waals surface area contributed by atoms with E-state index in [1.165, 1.54) is 10.5 Å². The van der Waals surface area contributed by atoms with Gasteiger partial charge in [0.25, 0.3) is 0 Å². The number of hydrogen-bond donors (Lipinski definition) is 2. The minimum Gasteiger partial charge on any atom is -0.465 e. The predicted octanol–water partition coefficient (Wildman–Crippen LogP) is 0.816. The molecule has 0 radical (unpaired) electrons. The van der Waals surface area contributed by atoms with Gasteiger partial charge in [0, 0.05) is 13.1 Å². The molecule has 1 aromatic carbocycles. The molecule has 1 saturated heterocycles. The summed E-state index contributed by atoms with van der Waals surface area (Å²) < 4.78 is 27.0. The Hall–Kier alpha value is -1.60. The van der Waals surface area contributed by atoms with E-state index in [4.69, 9.17) is 5.11 Å². The Bertz CT molecular complexity index is 650. The third kappa shape index (κ3) is 2.38. The maximum absolute atomic E-state index is 12.2. The molecule has 3 rings (SSSR count). The molecule has 7 heteroatoms. The van der Waals surface area contributed by atoms with E-state index in [2.05, 4.69) is 4.72 Å². The highest BCUT2D eigenvalue weighted by atomic mass is 32.2. The van der Waals surface area contributed by atoms with Crippen LogP contribution in [-0.2, 0) is 22.9 Å². The first kappa shape index (κ1) is 13.4. The monoisotopic (exact) mass is 296 g/mol. The molecule has 0 saturated carbocycles. The van der Waals surface area contributed by atoms with E-state index in [-0.39, 0.29) is 24.0 Å². The Morgan fingerprint density at radius 1 is 1.25 bits per heavy atom. The van der Waals surface area contributed by atoms with Gasteiger partial charge in [-0.3, -0.25) is 0 Å². The number of likely N-dealkylation sites (tertiary alicyclic amines) is 1. The van der Waals surface area contributed by atoms with E-state index in [1.54, 1.807) is 12.1 Å². The lowest BCUT2D eigenvalue weighted by Crippen LogP contribution is -2.60. The van der Waals surface area contributed by atoms with Crippen molar-refractivity contribution in [1.29, 1.82) is 0 Å². The molecule has 20 heavy (non-hydrogen) atoms. The van der Waals surface area contributed by atoms with Crippen LogP contribution in [0.5, 0.6) is 0 Å². The van der Waals surface area contributed by atoms with Gasteiger partial charge in [-0.05, 0) is 42.5 Å². The molecule has 2 N–H and O–H groups in total. The second-order valence-corrected chi connectivity index (χ2v) is 7.00. The molecule has 1 aliphatic carbocycles. The van der Waals surface area contributed by atoms with Crippen molar-refractivity contribution in [3.63, 3.8) is 0 Å². The van der Waals surface area contributed by atoms with Crippen LogP contribution in [-0.4, -0.2) is 43.6 Å². The van der Waals surface area contributed by atoms with Gasteiger partial charge in [0.2, 0.25) is 10.0 Å². The Morgan fingerprint density at radius 2 is 1.95 bits per heavy atom. The van der Waals surface area contributed by atoms with Crippen LogP contribution in [0.25, 0.3) is 0 Å². The number of amides is 1. The average molecular weight is 296 g/mol. The number of benzene rings is 1. The number of carbonyl (C=O) groups is 1. The second kappa shape index (κ2) is 4.75. The molecule has 1 aromatic rings. The molecule has 1 fully saturated rings. The van der Waals surface area contributed by atoms with Gasteiger partial charge in [0.15, 0.2) is 0 Å². The lowest BCUT2D eigenvalue weighted by molar-refractivity contribution is 0.102. The Labute approximate surface area is 117 Å². The van der Waals surface area contributed by atoms with Gasteiger partial charge in [-0.15, -0.1) is 0 Å². The van der Waals surface area contributed by atoms with Gasteiger partial charge >= 0.3 is 6.09 Å². The van der Waals surface area contributed by atoms with E-state index < -0.39 is 16.1 Å². The van der Waals surface area contributed by atoms with Crippen LogP contribution in [0.3, 0.4) is 0 Å². The fourth-order valence-electron chi connectivity index (χ4n) is 2.71. The molecule has 108 valence electrons. The molecule has 0 bridgehead atoms. The molecule has 6 nitrogen and oxygen atoms in total. The van der Waals surface area contributed by atoms with E-state index in [0.29, 0.717) is 0 Å². The summed E-state index contributed by atoms with van der Waals surface area (Å²) >= 11 is 0. The zero-order chi connectivity index (χ0) is 14.3. The minimum atomic E-state index is -3.56. The van der Waals surface area contributed by atoms with Crippen LogP contribution in [0.1, 0.15) is 17.5 Å². The number of nitrogens with zero attached hydrogens (tertiary/aromatic N) is 1. The van der Waals surface area contributed by atoms with Gasteiger partial charge in [-0.1, -0.05) is 6.07 Å². The lowest BCUT2D eigenvalue weighted by Gasteiger charge is -2.37. The van der Waals surface area contributed by atoms with E-state index in [1.807, 2.05) is 6.07 Å². The van der Waals surface area contributed by atoms with Crippen molar-refractivity contribution in [2.24, 2.45) is 0 Å². The number of aryl methyl sites for hydroxylation is 2. The van der Waals surface area contributed by atoms with Crippen LogP contribution in [0.4, 0.5) is 4.79 Å². The van der Waals surface area contributed by atoms with Gasteiger partial charge in [0.1, 0.15) is 0 Å². The number of fused-ring (bicyclic) bond motifs is 1. The highest BCUT2D eigenvalue weighted by Gasteiger charge is 2.33. The van der Waals surface area contributed by atoms with Crippen molar-refractivity contribution in [3.8, 4) is 0 Å². The SMILES string of the molecule is O=C(O)N1CC(NS(=O)(=O)c2ccc3c(c2)CCC3)C1. The fourth-order valence-corrected chi connectivity index (χ4v) is 3.98. The maximum atomic E-state index is 12.2. The molecule has 1 aliphatic heterocycles.